The summed E-state index contributed by atoms with van der Waals surface area (Å²) < 4.78 is 13.6. The summed E-state index contributed by atoms with van der Waals surface area (Å²) in [5.41, 5.74) is 0.626. The Morgan fingerprint density at radius 2 is 2.31 bits per heavy atom. The zero-order valence-electron chi connectivity index (χ0n) is 9.47. The van der Waals surface area contributed by atoms with E-state index in [1.165, 1.54) is 0 Å². The third-order valence-electron chi connectivity index (χ3n) is 2.41. The third kappa shape index (κ3) is 3.62. The van der Waals surface area contributed by atoms with E-state index in [1.807, 2.05) is 0 Å². The monoisotopic (exact) mass is 241 g/mol. The van der Waals surface area contributed by atoms with E-state index in [0.717, 1.165) is 13.0 Å². The van der Waals surface area contributed by atoms with Crippen LogP contribution in [0.1, 0.15) is 18.9 Å². The maximum atomic E-state index is 13.6. The predicted molar refractivity (Wildman–Crippen MR) is 67.4 cm³/mol. The Bertz CT molecular complexity index is 352. The smallest absolute Gasteiger partial charge is 0.145 e. The van der Waals surface area contributed by atoms with Gasteiger partial charge in [0, 0.05) is 6.04 Å². The summed E-state index contributed by atoms with van der Waals surface area (Å²) in [5.74, 6) is -0.325. The Labute approximate surface area is 101 Å². The third-order valence-corrected chi connectivity index (χ3v) is 2.70. The SMILES string of the molecule is C=CC(Cc1cccc(Cl)c1F)NCCC. The van der Waals surface area contributed by atoms with Gasteiger partial charge in [-0.15, -0.1) is 6.58 Å². The van der Waals surface area contributed by atoms with Crippen LogP contribution in [0.15, 0.2) is 30.9 Å². The number of benzene rings is 1. The van der Waals surface area contributed by atoms with Crippen molar-refractivity contribution >= 4 is 11.6 Å². The second kappa shape index (κ2) is 6.66. The highest BCUT2D eigenvalue weighted by molar-refractivity contribution is 6.30. The maximum Gasteiger partial charge on any atom is 0.145 e. The molecule has 0 spiro atoms. The summed E-state index contributed by atoms with van der Waals surface area (Å²) in [6.07, 6.45) is 3.42. The summed E-state index contributed by atoms with van der Waals surface area (Å²) in [6.45, 7) is 6.74. The van der Waals surface area contributed by atoms with Crippen LogP contribution in [-0.2, 0) is 6.42 Å². The molecule has 1 N–H and O–H groups in total. The van der Waals surface area contributed by atoms with Gasteiger partial charge in [-0.3, -0.25) is 0 Å². The van der Waals surface area contributed by atoms with Crippen LogP contribution in [0.4, 0.5) is 4.39 Å². The summed E-state index contributed by atoms with van der Waals surface area (Å²) in [7, 11) is 0. The molecule has 0 aliphatic heterocycles. The normalized spacial score (nSPS) is 12.4. The standard InChI is InChI=1S/C13H17ClFN/c1-3-8-16-11(4-2)9-10-6-5-7-12(14)13(10)15/h4-7,11,16H,2-3,8-9H2,1H3. The van der Waals surface area contributed by atoms with Gasteiger partial charge in [-0.1, -0.05) is 36.7 Å². The van der Waals surface area contributed by atoms with Gasteiger partial charge in [0.05, 0.1) is 5.02 Å². The molecule has 0 aliphatic rings. The molecule has 0 fully saturated rings. The molecule has 0 aliphatic carbocycles. The van der Waals surface area contributed by atoms with Crippen molar-refractivity contribution in [3.05, 3.63) is 47.3 Å². The van der Waals surface area contributed by atoms with Gasteiger partial charge in [0.2, 0.25) is 0 Å². The van der Waals surface area contributed by atoms with Crippen molar-refractivity contribution in [1.82, 2.24) is 5.32 Å². The van der Waals surface area contributed by atoms with Crippen LogP contribution in [0.5, 0.6) is 0 Å². The topological polar surface area (TPSA) is 12.0 Å². The van der Waals surface area contributed by atoms with Crippen LogP contribution >= 0.6 is 11.6 Å². The number of hydrogen-bond acceptors (Lipinski definition) is 1. The van der Waals surface area contributed by atoms with Gasteiger partial charge in [-0.05, 0) is 31.0 Å². The quantitative estimate of drug-likeness (QED) is 0.751. The Morgan fingerprint density at radius 1 is 1.56 bits per heavy atom. The lowest BCUT2D eigenvalue weighted by Crippen LogP contribution is -2.30. The minimum atomic E-state index is -0.325. The second-order valence-electron chi connectivity index (χ2n) is 3.71. The Kier molecular flexibility index (Phi) is 5.50. The van der Waals surface area contributed by atoms with Gasteiger partial charge < -0.3 is 5.32 Å². The van der Waals surface area contributed by atoms with Crippen LogP contribution in [0, 0.1) is 5.82 Å². The van der Waals surface area contributed by atoms with Crippen LogP contribution in [-0.4, -0.2) is 12.6 Å². The molecule has 1 aromatic carbocycles. The molecule has 0 heterocycles. The molecule has 88 valence electrons. The van der Waals surface area contributed by atoms with Gasteiger partial charge in [0.15, 0.2) is 0 Å². The lowest BCUT2D eigenvalue weighted by Gasteiger charge is -2.14. The van der Waals surface area contributed by atoms with Gasteiger partial charge in [-0.25, -0.2) is 4.39 Å². The fraction of sp³-hybridized carbons (Fsp3) is 0.385. The fourth-order valence-corrected chi connectivity index (χ4v) is 1.71. The summed E-state index contributed by atoms with van der Waals surface area (Å²) >= 11 is 5.72. The first-order chi connectivity index (χ1) is 7.69. The highest BCUT2D eigenvalue weighted by Gasteiger charge is 2.10. The zero-order chi connectivity index (χ0) is 12.0. The zero-order valence-corrected chi connectivity index (χ0v) is 10.2. The summed E-state index contributed by atoms with van der Waals surface area (Å²) in [6, 6.07) is 5.17. The number of hydrogen-bond donors (Lipinski definition) is 1. The first kappa shape index (κ1) is 13.2. The average molecular weight is 242 g/mol. The van der Waals surface area contributed by atoms with Crippen LogP contribution in [0.25, 0.3) is 0 Å². The minimum Gasteiger partial charge on any atom is -0.310 e. The summed E-state index contributed by atoms with van der Waals surface area (Å²) in [4.78, 5) is 0. The van der Waals surface area contributed by atoms with E-state index in [1.54, 1.807) is 24.3 Å². The highest BCUT2D eigenvalue weighted by Crippen LogP contribution is 2.19. The Hall–Kier alpha value is -0.860. The van der Waals surface area contributed by atoms with E-state index in [9.17, 15) is 4.39 Å². The van der Waals surface area contributed by atoms with E-state index in [4.69, 9.17) is 11.6 Å². The van der Waals surface area contributed by atoms with Gasteiger partial charge in [0.25, 0.3) is 0 Å². The van der Waals surface area contributed by atoms with E-state index in [0.29, 0.717) is 12.0 Å². The molecule has 16 heavy (non-hydrogen) atoms. The molecule has 1 atom stereocenters. The van der Waals surface area contributed by atoms with Gasteiger partial charge in [-0.2, -0.15) is 0 Å². The van der Waals surface area contributed by atoms with E-state index in [-0.39, 0.29) is 16.9 Å². The van der Waals surface area contributed by atoms with Crippen molar-refractivity contribution in [2.24, 2.45) is 0 Å². The van der Waals surface area contributed by atoms with Crippen molar-refractivity contribution < 1.29 is 4.39 Å². The minimum absolute atomic E-state index is 0.0907. The molecule has 1 unspecified atom stereocenters. The molecule has 0 aromatic heterocycles. The number of nitrogens with one attached hydrogen (secondary N) is 1. The molecule has 1 nitrogen and oxygen atoms in total. The highest BCUT2D eigenvalue weighted by atomic mass is 35.5. The molecule has 1 rings (SSSR count). The van der Waals surface area contributed by atoms with E-state index in [2.05, 4.69) is 18.8 Å². The van der Waals surface area contributed by atoms with Crippen LogP contribution in [0.2, 0.25) is 5.02 Å². The number of halogens is 2. The van der Waals surface area contributed by atoms with E-state index < -0.39 is 0 Å². The molecular formula is C13H17ClFN. The Balaban J connectivity index is 2.70. The molecule has 0 bridgehead atoms. The first-order valence-corrected chi connectivity index (χ1v) is 5.85. The molecule has 0 saturated heterocycles. The lowest BCUT2D eigenvalue weighted by atomic mass is 10.1. The molecule has 0 saturated carbocycles. The largest absolute Gasteiger partial charge is 0.310 e. The number of rotatable bonds is 6. The fourth-order valence-electron chi connectivity index (χ4n) is 1.51. The molecule has 0 amide bonds. The molecular weight excluding hydrogens is 225 g/mol. The Morgan fingerprint density at radius 3 is 2.94 bits per heavy atom. The van der Waals surface area contributed by atoms with Crippen molar-refractivity contribution in [1.29, 1.82) is 0 Å². The summed E-state index contributed by atoms with van der Waals surface area (Å²) in [5, 5.41) is 3.46. The maximum absolute atomic E-state index is 13.6. The predicted octanol–water partition coefficient (Wildman–Crippen LogP) is 3.58. The van der Waals surface area contributed by atoms with Crippen LogP contribution in [0.3, 0.4) is 0 Å². The molecule has 3 heteroatoms. The van der Waals surface area contributed by atoms with Crippen LogP contribution < -0.4 is 5.32 Å². The van der Waals surface area contributed by atoms with E-state index >= 15 is 0 Å². The van der Waals surface area contributed by atoms with Gasteiger partial charge in [0.1, 0.15) is 5.82 Å². The lowest BCUT2D eigenvalue weighted by molar-refractivity contribution is 0.557. The molecule has 1 aromatic rings. The first-order valence-electron chi connectivity index (χ1n) is 5.47. The van der Waals surface area contributed by atoms with Crippen molar-refractivity contribution in [3.63, 3.8) is 0 Å². The molecule has 0 radical (unpaired) electrons. The average Bonchev–Trinajstić information content (AvgIpc) is 2.30. The van der Waals surface area contributed by atoms with Gasteiger partial charge >= 0.3 is 0 Å². The second-order valence-corrected chi connectivity index (χ2v) is 4.12. The van der Waals surface area contributed by atoms with Crippen molar-refractivity contribution in [2.45, 2.75) is 25.8 Å². The van der Waals surface area contributed by atoms with Crippen molar-refractivity contribution in [3.8, 4) is 0 Å². The van der Waals surface area contributed by atoms with Crippen molar-refractivity contribution in [2.75, 3.05) is 6.54 Å².